The number of allylic oxidation sites excluding steroid dienone is 3. The molecule has 176 valence electrons. The van der Waals surface area contributed by atoms with Gasteiger partial charge in [0.1, 0.15) is 30.2 Å². The molecule has 0 aromatic carbocycles. The number of aliphatic hydroxyl groups excluding tert-OH is 3. The van der Waals surface area contributed by atoms with Crippen LogP contribution in [0.4, 0.5) is 0 Å². The molecule has 5 aliphatic rings. The number of rotatable bonds is 3. The van der Waals surface area contributed by atoms with Crippen molar-refractivity contribution in [2.75, 3.05) is 0 Å². The molecule has 0 aromatic rings. The summed E-state index contributed by atoms with van der Waals surface area (Å²) in [4.78, 5) is 23.7. The predicted octanol–water partition coefficient (Wildman–Crippen LogP) is -2.86. The van der Waals surface area contributed by atoms with E-state index < -0.39 is 36.7 Å². The van der Waals surface area contributed by atoms with Gasteiger partial charge in [-0.1, -0.05) is 29.7 Å². The van der Waals surface area contributed by atoms with E-state index in [-0.39, 0.29) is 41.1 Å². The number of carboxylic acids is 1. The van der Waals surface area contributed by atoms with E-state index >= 15 is 0 Å². The normalized spacial score (nSPS) is 44.8. The number of aliphatic hydroxyl groups is 3. The molecular formula is C24H31NaO8. The number of carboxylic acid groups (broad SMARTS) is 1. The SMILES string of the molecule is C[C@]12CC[C@H]3C(=CCC4=C3CC[C@@H](OC3O[C@H](C(=O)[O-])[C@@H](O)[C@H](O)[C@H]3O)C4)[C@@H]1CCC2=O.[Na+]. The maximum absolute atomic E-state index is 12.5. The molecule has 8 nitrogen and oxygen atoms in total. The molecule has 9 atom stereocenters. The maximum Gasteiger partial charge on any atom is 1.00 e. The summed E-state index contributed by atoms with van der Waals surface area (Å²) in [5.41, 5.74) is 4.01. The minimum atomic E-state index is -1.78. The Balaban J connectivity index is 0.00000259. The van der Waals surface area contributed by atoms with Crippen molar-refractivity contribution in [1.29, 1.82) is 0 Å². The van der Waals surface area contributed by atoms with Gasteiger partial charge in [-0.25, -0.2) is 0 Å². The van der Waals surface area contributed by atoms with Gasteiger partial charge in [0.2, 0.25) is 0 Å². The van der Waals surface area contributed by atoms with Gasteiger partial charge in [-0.3, -0.25) is 4.79 Å². The zero-order valence-corrected chi connectivity index (χ0v) is 21.2. The van der Waals surface area contributed by atoms with Gasteiger partial charge in [0.05, 0.1) is 12.1 Å². The number of fused-ring (bicyclic) bond motifs is 4. The summed E-state index contributed by atoms with van der Waals surface area (Å²) in [5.74, 6) is -0.492. The Morgan fingerprint density at radius 1 is 1.15 bits per heavy atom. The second kappa shape index (κ2) is 9.47. The fourth-order valence-corrected chi connectivity index (χ4v) is 6.77. The topological polar surface area (TPSA) is 136 Å². The van der Waals surface area contributed by atoms with E-state index in [4.69, 9.17) is 9.47 Å². The molecule has 5 rings (SSSR count). The Hall–Kier alpha value is -0.580. The van der Waals surface area contributed by atoms with Crippen molar-refractivity contribution in [3.63, 3.8) is 0 Å². The molecule has 0 amide bonds. The average molecular weight is 470 g/mol. The Morgan fingerprint density at radius 2 is 1.91 bits per heavy atom. The molecule has 3 fully saturated rings. The third kappa shape index (κ3) is 4.20. The number of ether oxygens (including phenoxy) is 2. The third-order valence-corrected chi connectivity index (χ3v) is 8.62. The Labute approximate surface area is 215 Å². The number of ketones is 1. The van der Waals surface area contributed by atoms with Crippen LogP contribution in [-0.2, 0) is 19.1 Å². The zero-order chi connectivity index (χ0) is 22.8. The summed E-state index contributed by atoms with van der Waals surface area (Å²) in [5, 5.41) is 41.3. The molecule has 1 saturated heterocycles. The van der Waals surface area contributed by atoms with Crippen LogP contribution in [0.25, 0.3) is 0 Å². The first kappa shape index (κ1) is 25.5. The van der Waals surface area contributed by atoms with Crippen LogP contribution >= 0.6 is 0 Å². The standard InChI is InChI=1S/C24H32O8.Na/c1-24-9-8-14-13-5-3-12(10-11(13)2-4-15(14)16(24)6-7-17(24)25)31-23-20(28)18(26)19(27)21(32-23)22(29)30;/h4,12,14,16,18-21,23,26-28H,2-3,5-10H2,1H3,(H,29,30);/q;+1/p-1/t12-,14-,16+,18+,19+,20-,21+,23?,24+;/m1./s1. The summed E-state index contributed by atoms with van der Waals surface area (Å²) in [7, 11) is 0. The number of aliphatic carboxylic acids is 1. The van der Waals surface area contributed by atoms with E-state index in [0.717, 1.165) is 32.1 Å². The first-order chi connectivity index (χ1) is 15.2. The van der Waals surface area contributed by atoms with E-state index in [1.54, 1.807) is 0 Å². The molecule has 4 aliphatic carbocycles. The number of carbonyl (C=O) groups is 2. The molecule has 1 heterocycles. The van der Waals surface area contributed by atoms with Crippen LogP contribution < -0.4 is 34.7 Å². The van der Waals surface area contributed by atoms with Gasteiger partial charge < -0.3 is 34.7 Å². The van der Waals surface area contributed by atoms with Crippen LogP contribution in [-0.4, -0.2) is 63.9 Å². The van der Waals surface area contributed by atoms with E-state index in [1.807, 2.05) is 0 Å². The minimum absolute atomic E-state index is 0. The molecule has 1 unspecified atom stereocenters. The molecule has 0 radical (unpaired) electrons. The van der Waals surface area contributed by atoms with Gasteiger partial charge in [0, 0.05) is 17.8 Å². The number of Topliss-reactive ketones (excluding diaryl/α,β-unsaturated/α-hetero) is 1. The van der Waals surface area contributed by atoms with Crippen molar-refractivity contribution >= 4 is 11.8 Å². The van der Waals surface area contributed by atoms with Gasteiger partial charge in [0.25, 0.3) is 0 Å². The Kier molecular flexibility index (Phi) is 7.32. The van der Waals surface area contributed by atoms with E-state index in [2.05, 4.69) is 13.0 Å². The fourth-order valence-electron chi connectivity index (χ4n) is 6.77. The second-order valence-corrected chi connectivity index (χ2v) is 10.3. The molecule has 0 spiro atoms. The molecule has 1 aliphatic heterocycles. The summed E-state index contributed by atoms with van der Waals surface area (Å²) in [6.07, 6.45) is 0.474. The van der Waals surface area contributed by atoms with Crippen LogP contribution in [0.2, 0.25) is 0 Å². The molecule has 0 bridgehead atoms. The first-order valence-electron chi connectivity index (χ1n) is 11.7. The van der Waals surface area contributed by atoms with Gasteiger partial charge in [-0.15, -0.1) is 0 Å². The summed E-state index contributed by atoms with van der Waals surface area (Å²) < 4.78 is 11.1. The summed E-state index contributed by atoms with van der Waals surface area (Å²) in [6.45, 7) is 2.14. The quantitative estimate of drug-likeness (QED) is 0.296. The van der Waals surface area contributed by atoms with Crippen molar-refractivity contribution < 1.29 is 69.0 Å². The Bertz CT molecular complexity index is 884. The van der Waals surface area contributed by atoms with Crippen LogP contribution in [0.15, 0.2) is 22.8 Å². The second-order valence-electron chi connectivity index (χ2n) is 10.3. The zero-order valence-electron chi connectivity index (χ0n) is 19.2. The van der Waals surface area contributed by atoms with Crippen LogP contribution in [0, 0.1) is 17.3 Å². The average Bonchev–Trinajstić information content (AvgIpc) is 3.08. The van der Waals surface area contributed by atoms with Crippen LogP contribution in [0.3, 0.4) is 0 Å². The smallest absolute Gasteiger partial charge is 0.547 e. The van der Waals surface area contributed by atoms with E-state index in [0.29, 0.717) is 36.9 Å². The van der Waals surface area contributed by atoms with Crippen LogP contribution in [0.1, 0.15) is 58.3 Å². The molecule has 3 N–H and O–H groups in total. The van der Waals surface area contributed by atoms with Crippen molar-refractivity contribution in [3.8, 4) is 0 Å². The van der Waals surface area contributed by atoms with Crippen molar-refractivity contribution in [2.24, 2.45) is 17.3 Å². The van der Waals surface area contributed by atoms with Gasteiger partial charge in [-0.2, -0.15) is 0 Å². The number of carbonyl (C=O) groups excluding carboxylic acids is 2. The molecular weight excluding hydrogens is 439 g/mol. The number of hydrogen-bond acceptors (Lipinski definition) is 8. The number of hydrogen-bond donors (Lipinski definition) is 3. The minimum Gasteiger partial charge on any atom is -0.547 e. The van der Waals surface area contributed by atoms with Gasteiger partial charge >= 0.3 is 29.6 Å². The first-order valence-corrected chi connectivity index (χ1v) is 11.7. The molecule has 0 aromatic heterocycles. The monoisotopic (exact) mass is 470 g/mol. The fraction of sp³-hybridized carbons (Fsp3) is 0.750. The van der Waals surface area contributed by atoms with E-state index in [9.17, 15) is 30.0 Å². The summed E-state index contributed by atoms with van der Waals surface area (Å²) >= 11 is 0. The molecule has 2 saturated carbocycles. The maximum atomic E-state index is 12.5. The molecule has 9 heteroatoms. The van der Waals surface area contributed by atoms with E-state index in [1.165, 1.54) is 16.7 Å². The predicted molar refractivity (Wildman–Crippen MR) is 109 cm³/mol. The largest absolute Gasteiger partial charge is 1.00 e. The van der Waals surface area contributed by atoms with Crippen molar-refractivity contribution in [1.82, 2.24) is 0 Å². The van der Waals surface area contributed by atoms with Crippen LogP contribution in [0.5, 0.6) is 0 Å². The van der Waals surface area contributed by atoms with Crippen molar-refractivity contribution in [3.05, 3.63) is 22.8 Å². The Morgan fingerprint density at radius 3 is 2.64 bits per heavy atom. The summed E-state index contributed by atoms with van der Waals surface area (Å²) in [6, 6.07) is 0. The van der Waals surface area contributed by atoms with Crippen molar-refractivity contribution in [2.45, 2.75) is 95.1 Å². The third-order valence-electron chi connectivity index (χ3n) is 8.62. The van der Waals surface area contributed by atoms with Gasteiger partial charge in [0.15, 0.2) is 6.29 Å². The van der Waals surface area contributed by atoms with Gasteiger partial charge in [-0.05, 0) is 50.9 Å². The molecule has 33 heavy (non-hydrogen) atoms.